The van der Waals surface area contributed by atoms with Gasteiger partial charge in [0.15, 0.2) is 0 Å². The number of nitrogens with one attached hydrogen (secondary N) is 1. The summed E-state index contributed by atoms with van der Waals surface area (Å²) in [7, 11) is -1.49. The predicted octanol–water partition coefficient (Wildman–Crippen LogP) is 2.87. The molecule has 110 valence electrons. The van der Waals surface area contributed by atoms with Crippen molar-refractivity contribution in [3.8, 4) is 0 Å². The zero-order chi connectivity index (χ0) is 14.9. The van der Waals surface area contributed by atoms with Crippen LogP contribution in [0.5, 0.6) is 0 Å². The summed E-state index contributed by atoms with van der Waals surface area (Å²) in [5, 5.41) is 0. The molecule has 1 N–H and O–H groups in total. The predicted molar refractivity (Wildman–Crippen MR) is 85.3 cm³/mol. The van der Waals surface area contributed by atoms with Crippen LogP contribution in [0.15, 0.2) is 53.4 Å². The Bertz CT molecular complexity index is 742. The highest BCUT2D eigenvalue weighted by atomic mass is 32.2. The maximum atomic E-state index is 12.3. The fourth-order valence-corrected chi connectivity index (χ4v) is 3.71. The van der Waals surface area contributed by atoms with E-state index in [-0.39, 0.29) is 4.90 Å². The molecule has 5 heteroatoms. The first-order chi connectivity index (χ1) is 10.1. The highest BCUT2D eigenvalue weighted by Gasteiger charge is 2.17. The maximum absolute atomic E-state index is 12.3. The van der Waals surface area contributed by atoms with Gasteiger partial charge in [0.2, 0.25) is 0 Å². The molecule has 0 aromatic heterocycles. The van der Waals surface area contributed by atoms with Gasteiger partial charge in [0.1, 0.15) is 0 Å². The minimum absolute atomic E-state index is 0.274. The van der Waals surface area contributed by atoms with E-state index >= 15 is 0 Å². The molecule has 3 rings (SSSR count). The highest BCUT2D eigenvalue weighted by molar-refractivity contribution is 7.92. The summed E-state index contributed by atoms with van der Waals surface area (Å²) in [6.07, 6.45) is 2.18. The Hall–Kier alpha value is -2.01. The van der Waals surface area contributed by atoms with Crippen molar-refractivity contribution < 1.29 is 8.42 Å². The Kier molecular flexibility index (Phi) is 3.59. The number of benzene rings is 2. The Labute approximate surface area is 125 Å². The van der Waals surface area contributed by atoms with Gasteiger partial charge in [0.25, 0.3) is 10.0 Å². The van der Waals surface area contributed by atoms with Gasteiger partial charge in [0.05, 0.1) is 10.6 Å². The standard InChI is InChI=1S/C16H18N2O2S/c1-18-11-5-6-13-9-10-14(12-16(13)18)17-21(19,20)15-7-3-2-4-8-15/h2-4,7-10,12,17H,5-6,11H2,1H3. The molecule has 2 aromatic rings. The fourth-order valence-electron chi connectivity index (χ4n) is 2.63. The lowest BCUT2D eigenvalue weighted by Gasteiger charge is -2.28. The Balaban J connectivity index is 1.91. The van der Waals surface area contributed by atoms with Crippen LogP contribution in [0.3, 0.4) is 0 Å². The number of hydrogen-bond donors (Lipinski definition) is 1. The van der Waals surface area contributed by atoms with Gasteiger partial charge in [0, 0.05) is 19.3 Å². The van der Waals surface area contributed by atoms with Crippen LogP contribution < -0.4 is 9.62 Å². The summed E-state index contributed by atoms with van der Waals surface area (Å²) in [6, 6.07) is 14.2. The molecular formula is C16H18N2O2S. The average Bonchev–Trinajstić information content (AvgIpc) is 2.49. The van der Waals surface area contributed by atoms with Crippen LogP contribution >= 0.6 is 0 Å². The van der Waals surface area contributed by atoms with Crippen LogP contribution in [0, 0.1) is 0 Å². The van der Waals surface area contributed by atoms with Gasteiger partial charge in [-0.15, -0.1) is 0 Å². The van der Waals surface area contributed by atoms with Crippen LogP contribution in [0.2, 0.25) is 0 Å². The van der Waals surface area contributed by atoms with E-state index in [4.69, 9.17) is 0 Å². The lowest BCUT2D eigenvalue weighted by Crippen LogP contribution is -2.24. The van der Waals surface area contributed by atoms with E-state index in [1.165, 1.54) is 5.56 Å². The molecule has 0 spiro atoms. The van der Waals surface area contributed by atoms with Gasteiger partial charge in [-0.05, 0) is 42.7 Å². The van der Waals surface area contributed by atoms with E-state index in [1.807, 2.05) is 25.2 Å². The Morgan fingerprint density at radius 3 is 2.62 bits per heavy atom. The second kappa shape index (κ2) is 5.41. The van der Waals surface area contributed by atoms with Gasteiger partial charge in [-0.3, -0.25) is 4.72 Å². The van der Waals surface area contributed by atoms with Crippen molar-refractivity contribution in [2.24, 2.45) is 0 Å². The molecule has 0 saturated carbocycles. The van der Waals surface area contributed by atoms with E-state index in [0.29, 0.717) is 5.69 Å². The van der Waals surface area contributed by atoms with Gasteiger partial charge >= 0.3 is 0 Å². The number of sulfonamides is 1. The van der Waals surface area contributed by atoms with Crippen LogP contribution in [0.4, 0.5) is 11.4 Å². The highest BCUT2D eigenvalue weighted by Crippen LogP contribution is 2.29. The summed E-state index contributed by atoms with van der Waals surface area (Å²) in [5.41, 5.74) is 2.98. The number of anilines is 2. The molecule has 0 unspecified atom stereocenters. The zero-order valence-corrected chi connectivity index (χ0v) is 12.7. The molecule has 0 amide bonds. The zero-order valence-electron chi connectivity index (χ0n) is 11.9. The largest absolute Gasteiger partial charge is 0.374 e. The van der Waals surface area contributed by atoms with Gasteiger partial charge in [-0.1, -0.05) is 24.3 Å². The minimum atomic E-state index is -3.53. The molecule has 0 atom stereocenters. The fraction of sp³-hybridized carbons (Fsp3) is 0.250. The number of rotatable bonds is 3. The second-order valence-corrected chi connectivity index (χ2v) is 6.97. The van der Waals surface area contributed by atoms with Crippen molar-refractivity contribution in [3.63, 3.8) is 0 Å². The molecule has 4 nitrogen and oxygen atoms in total. The van der Waals surface area contributed by atoms with Gasteiger partial charge in [-0.25, -0.2) is 8.42 Å². The van der Waals surface area contributed by atoms with E-state index in [1.54, 1.807) is 30.3 Å². The lowest BCUT2D eigenvalue weighted by molar-refractivity contribution is 0.601. The molecule has 0 fully saturated rings. The SMILES string of the molecule is CN1CCCc2ccc(NS(=O)(=O)c3ccccc3)cc21. The molecule has 0 bridgehead atoms. The average molecular weight is 302 g/mol. The Morgan fingerprint density at radius 2 is 1.86 bits per heavy atom. The first kappa shape index (κ1) is 13.9. The molecule has 0 radical (unpaired) electrons. The first-order valence-electron chi connectivity index (χ1n) is 6.98. The van der Waals surface area contributed by atoms with E-state index < -0.39 is 10.0 Å². The number of aryl methyl sites for hydroxylation is 1. The number of fused-ring (bicyclic) bond motifs is 1. The summed E-state index contributed by atoms with van der Waals surface area (Å²) < 4.78 is 27.3. The third-order valence-electron chi connectivity index (χ3n) is 3.74. The number of hydrogen-bond acceptors (Lipinski definition) is 3. The molecule has 2 aromatic carbocycles. The minimum Gasteiger partial charge on any atom is -0.374 e. The van der Waals surface area contributed by atoms with Crippen molar-refractivity contribution in [1.82, 2.24) is 0 Å². The van der Waals surface area contributed by atoms with E-state index in [2.05, 4.69) is 9.62 Å². The van der Waals surface area contributed by atoms with Crippen molar-refractivity contribution >= 4 is 21.4 Å². The molecule has 0 saturated heterocycles. The van der Waals surface area contributed by atoms with Crippen LogP contribution in [-0.2, 0) is 16.4 Å². The topological polar surface area (TPSA) is 49.4 Å². The summed E-state index contributed by atoms with van der Waals surface area (Å²) >= 11 is 0. The van der Waals surface area contributed by atoms with Crippen LogP contribution in [-0.4, -0.2) is 22.0 Å². The maximum Gasteiger partial charge on any atom is 0.261 e. The Morgan fingerprint density at radius 1 is 1.10 bits per heavy atom. The molecule has 0 aliphatic carbocycles. The first-order valence-corrected chi connectivity index (χ1v) is 8.46. The van der Waals surface area contributed by atoms with Crippen molar-refractivity contribution in [2.75, 3.05) is 23.2 Å². The van der Waals surface area contributed by atoms with Crippen LogP contribution in [0.25, 0.3) is 0 Å². The van der Waals surface area contributed by atoms with Crippen molar-refractivity contribution in [1.29, 1.82) is 0 Å². The van der Waals surface area contributed by atoms with E-state index in [0.717, 1.165) is 25.1 Å². The van der Waals surface area contributed by atoms with Crippen LogP contribution in [0.1, 0.15) is 12.0 Å². The molecule has 1 aliphatic rings. The molecule has 1 aliphatic heterocycles. The van der Waals surface area contributed by atoms with Crippen molar-refractivity contribution in [2.45, 2.75) is 17.7 Å². The van der Waals surface area contributed by atoms with E-state index in [9.17, 15) is 8.42 Å². The monoisotopic (exact) mass is 302 g/mol. The third kappa shape index (κ3) is 2.88. The number of nitrogens with zero attached hydrogens (tertiary/aromatic N) is 1. The lowest BCUT2D eigenvalue weighted by atomic mass is 10.0. The molecular weight excluding hydrogens is 284 g/mol. The summed E-state index contributed by atoms with van der Waals surface area (Å²) in [4.78, 5) is 2.44. The van der Waals surface area contributed by atoms with Gasteiger partial charge in [-0.2, -0.15) is 0 Å². The smallest absolute Gasteiger partial charge is 0.261 e. The second-order valence-electron chi connectivity index (χ2n) is 5.29. The third-order valence-corrected chi connectivity index (χ3v) is 5.14. The van der Waals surface area contributed by atoms with Gasteiger partial charge < -0.3 is 4.90 Å². The summed E-state index contributed by atoms with van der Waals surface area (Å²) in [5.74, 6) is 0. The normalized spacial score (nSPS) is 14.6. The quantitative estimate of drug-likeness (QED) is 0.948. The molecule has 21 heavy (non-hydrogen) atoms. The molecule has 1 heterocycles. The van der Waals surface area contributed by atoms with Crippen molar-refractivity contribution in [3.05, 3.63) is 54.1 Å². The summed E-state index contributed by atoms with van der Waals surface area (Å²) in [6.45, 7) is 1.00.